The monoisotopic (exact) mass is 294 g/mol. The number of carbonyl (C=O) groups excluding carboxylic acids is 1. The number of rotatable bonds is 4. The Labute approximate surface area is 122 Å². The fourth-order valence-electron chi connectivity index (χ4n) is 2.97. The second-order valence-electron chi connectivity index (χ2n) is 6.17. The van der Waals surface area contributed by atoms with Gasteiger partial charge in [-0.2, -0.15) is 0 Å². The highest BCUT2D eigenvalue weighted by Crippen LogP contribution is 2.46. The predicted octanol–water partition coefficient (Wildman–Crippen LogP) is 1.80. The predicted molar refractivity (Wildman–Crippen MR) is 74.7 cm³/mol. The van der Waals surface area contributed by atoms with Crippen LogP contribution in [0.15, 0.2) is 17.0 Å². The molecule has 4 rings (SSSR count). The zero-order valence-electron chi connectivity index (χ0n) is 11.3. The Hall–Kier alpha value is -1.01. The van der Waals surface area contributed by atoms with Crippen molar-refractivity contribution in [2.24, 2.45) is 5.92 Å². The fraction of sp³-hybridized carbons (Fsp3) is 0.714. The van der Waals surface area contributed by atoms with Gasteiger partial charge in [0.15, 0.2) is 0 Å². The van der Waals surface area contributed by atoms with E-state index in [0.29, 0.717) is 11.7 Å². The van der Waals surface area contributed by atoms with Crippen LogP contribution in [0.2, 0.25) is 0 Å². The van der Waals surface area contributed by atoms with Crippen LogP contribution in [0.1, 0.15) is 29.6 Å². The lowest BCUT2D eigenvalue weighted by molar-refractivity contribution is 0.0286. The van der Waals surface area contributed by atoms with E-state index in [0.717, 1.165) is 37.8 Å². The standard InChI is InChI=1S/C14H18N2O3S/c17-13(11-4-15-19-6-11)16-8-14(9-16)3-12(7-20-14)18-5-10-1-2-10/h4,6,10,12H,1-3,5,7-9H2/t12-/m1/s1. The van der Waals surface area contributed by atoms with E-state index in [1.807, 2.05) is 16.7 Å². The number of thioether (sulfide) groups is 1. The molecule has 1 spiro atoms. The van der Waals surface area contributed by atoms with Crippen molar-refractivity contribution in [2.45, 2.75) is 30.1 Å². The molecule has 0 N–H and O–H groups in total. The third-order valence-electron chi connectivity index (χ3n) is 4.36. The summed E-state index contributed by atoms with van der Waals surface area (Å²) >= 11 is 1.97. The summed E-state index contributed by atoms with van der Waals surface area (Å²) in [6.07, 6.45) is 7.04. The number of carbonyl (C=O) groups is 1. The van der Waals surface area contributed by atoms with Crippen LogP contribution in [0.25, 0.3) is 0 Å². The molecule has 108 valence electrons. The largest absolute Gasteiger partial charge is 0.377 e. The Bertz CT molecular complexity index is 495. The third kappa shape index (κ3) is 2.35. The smallest absolute Gasteiger partial charge is 0.258 e. The summed E-state index contributed by atoms with van der Waals surface area (Å²) in [7, 11) is 0. The van der Waals surface area contributed by atoms with Gasteiger partial charge in [0.05, 0.1) is 22.6 Å². The average Bonchev–Trinajstić information content (AvgIpc) is 2.93. The van der Waals surface area contributed by atoms with Crippen LogP contribution in [-0.2, 0) is 4.74 Å². The van der Waals surface area contributed by atoms with Gasteiger partial charge in [0, 0.05) is 25.4 Å². The van der Waals surface area contributed by atoms with Crippen LogP contribution >= 0.6 is 11.8 Å². The van der Waals surface area contributed by atoms with Gasteiger partial charge in [0.1, 0.15) is 6.26 Å². The highest BCUT2D eigenvalue weighted by atomic mass is 32.2. The Morgan fingerprint density at radius 2 is 2.40 bits per heavy atom. The van der Waals surface area contributed by atoms with Gasteiger partial charge in [0.25, 0.3) is 5.91 Å². The van der Waals surface area contributed by atoms with Crippen LogP contribution in [0.3, 0.4) is 0 Å². The van der Waals surface area contributed by atoms with Gasteiger partial charge in [-0.05, 0) is 25.2 Å². The Kier molecular flexibility index (Phi) is 3.03. The van der Waals surface area contributed by atoms with E-state index in [9.17, 15) is 4.79 Å². The van der Waals surface area contributed by atoms with Crippen LogP contribution in [-0.4, -0.2) is 52.3 Å². The topological polar surface area (TPSA) is 55.6 Å². The van der Waals surface area contributed by atoms with Gasteiger partial charge >= 0.3 is 0 Å². The number of ether oxygens (including phenoxy) is 1. The molecule has 3 heterocycles. The first-order chi connectivity index (χ1) is 9.74. The van der Waals surface area contributed by atoms with E-state index >= 15 is 0 Å². The number of hydrogen-bond donors (Lipinski definition) is 0. The van der Waals surface area contributed by atoms with E-state index in [-0.39, 0.29) is 10.7 Å². The first-order valence-electron chi connectivity index (χ1n) is 7.18. The Balaban J connectivity index is 1.28. The first kappa shape index (κ1) is 12.7. The number of hydrogen-bond acceptors (Lipinski definition) is 5. The van der Waals surface area contributed by atoms with Crippen molar-refractivity contribution in [1.82, 2.24) is 10.1 Å². The van der Waals surface area contributed by atoms with Crippen molar-refractivity contribution in [2.75, 3.05) is 25.4 Å². The molecule has 1 aromatic heterocycles. The molecule has 3 aliphatic rings. The highest BCUT2D eigenvalue weighted by Gasteiger charge is 2.51. The molecule has 6 heteroatoms. The minimum absolute atomic E-state index is 0.0276. The van der Waals surface area contributed by atoms with E-state index in [2.05, 4.69) is 5.16 Å². The van der Waals surface area contributed by atoms with E-state index < -0.39 is 0 Å². The van der Waals surface area contributed by atoms with E-state index in [4.69, 9.17) is 9.26 Å². The summed E-state index contributed by atoms with van der Waals surface area (Å²) in [6.45, 7) is 2.58. The van der Waals surface area contributed by atoms with E-state index in [1.54, 1.807) is 0 Å². The molecule has 1 aliphatic carbocycles. The van der Waals surface area contributed by atoms with Gasteiger partial charge in [-0.15, -0.1) is 11.8 Å². The molecule has 1 aromatic rings. The summed E-state index contributed by atoms with van der Waals surface area (Å²) in [6, 6.07) is 0. The van der Waals surface area contributed by atoms with Crippen molar-refractivity contribution < 1.29 is 14.1 Å². The van der Waals surface area contributed by atoms with Crippen molar-refractivity contribution >= 4 is 17.7 Å². The van der Waals surface area contributed by atoms with Crippen LogP contribution in [0.4, 0.5) is 0 Å². The highest BCUT2D eigenvalue weighted by molar-refractivity contribution is 8.01. The lowest BCUT2D eigenvalue weighted by Gasteiger charge is -2.47. The zero-order valence-corrected chi connectivity index (χ0v) is 12.1. The summed E-state index contributed by atoms with van der Waals surface area (Å²) < 4.78 is 10.9. The number of nitrogens with zero attached hydrogens (tertiary/aromatic N) is 2. The molecule has 1 saturated carbocycles. The van der Waals surface area contributed by atoms with Gasteiger partial charge in [-0.1, -0.05) is 5.16 Å². The molecule has 0 bridgehead atoms. The number of amides is 1. The Morgan fingerprint density at radius 3 is 3.10 bits per heavy atom. The molecule has 5 nitrogen and oxygen atoms in total. The maximum Gasteiger partial charge on any atom is 0.258 e. The molecule has 0 aromatic carbocycles. The van der Waals surface area contributed by atoms with E-state index in [1.165, 1.54) is 25.3 Å². The molecule has 0 radical (unpaired) electrons. The first-order valence-corrected chi connectivity index (χ1v) is 8.17. The quantitative estimate of drug-likeness (QED) is 0.847. The molecule has 1 amide bonds. The van der Waals surface area contributed by atoms with Crippen LogP contribution in [0.5, 0.6) is 0 Å². The summed E-state index contributed by atoms with van der Waals surface area (Å²) in [4.78, 5) is 14.0. The maximum absolute atomic E-state index is 12.1. The average molecular weight is 294 g/mol. The van der Waals surface area contributed by atoms with Gasteiger partial charge in [0.2, 0.25) is 0 Å². The molecule has 2 saturated heterocycles. The molecule has 3 fully saturated rings. The van der Waals surface area contributed by atoms with Crippen molar-refractivity contribution in [1.29, 1.82) is 0 Å². The molecular weight excluding hydrogens is 276 g/mol. The lowest BCUT2D eigenvalue weighted by Crippen LogP contribution is -2.60. The van der Waals surface area contributed by atoms with Crippen molar-refractivity contribution in [3.63, 3.8) is 0 Å². The molecule has 1 atom stereocenters. The second-order valence-corrected chi connectivity index (χ2v) is 7.66. The fourth-order valence-corrected chi connectivity index (χ4v) is 4.52. The summed E-state index contributed by atoms with van der Waals surface area (Å²) in [5.41, 5.74) is 0.546. The second kappa shape index (κ2) is 4.77. The zero-order chi connectivity index (χ0) is 13.6. The van der Waals surface area contributed by atoms with Crippen molar-refractivity contribution in [3.8, 4) is 0 Å². The number of aromatic nitrogens is 1. The van der Waals surface area contributed by atoms with Gasteiger partial charge in [-0.3, -0.25) is 4.79 Å². The molecule has 0 unspecified atom stereocenters. The molecule has 20 heavy (non-hydrogen) atoms. The minimum Gasteiger partial charge on any atom is -0.377 e. The lowest BCUT2D eigenvalue weighted by atomic mass is 9.92. The van der Waals surface area contributed by atoms with Gasteiger partial charge in [-0.25, -0.2) is 0 Å². The summed E-state index contributed by atoms with van der Waals surface area (Å²) in [5, 5.41) is 3.58. The van der Waals surface area contributed by atoms with Crippen molar-refractivity contribution in [3.05, 3.63) is 18.0 Å². The number of likely N-dealkylation sites (tertiary alicyclic amines) is 1. The molecular formula is C14H18N2O3S. The maximum atomic E-state index is 12.1. The SMILES string of the molecule is O=C(c1cnoc1)N1CC2(C[C@@H](OCC3CC3)CS2)C1. The third-order valence-corrected chi connectivity index (χ3v) is 5.94. The minimum atomic E-state index is 0.0276. The van der Waals surface area contributed by atoms with Gasteiger partial charge < -0.3 is 14.2 Å². The Morgan fingerprint density at radius 1 is 1.55 bits per heavy atom. The van der Waals surface area contributed by atoms with Crippen LogP contribution in [0, 0.1) is 5.92 Å². The summed E-state index contributed by atoms with van der Waals surface area (Å²) in [5.74, 6) is 1.92. The van der Waals surface area contributed by atoms with Crippen LogP contribution < -0.4 is 0 Å². The molecule has 2 aliphatic heterocycles. The normalized spacial score (nSPS) is 27.8.